The summed E-state index contributed by atoms with van der Waals surface area (Å²) in [6.45, 7) is 0.541. The number of rotatable bonds is 6. The van der Waals surface area contributed by atoms with E-state index in [9.17, 15) is 0 Å². The molecular weight excluding hydrogens is 316 g/mol. The predicted octanol–water partition coefficient (Wildman–Crippen LogP) is 3.85. The lowest BCUT2D eigenvalue weighted by Crippen LogP contribution is -2.02. The number of anilines is 1. The smallest absolute Gasteiger partial charge is 0.203 e. The summed E-state index contributed by atoms with van der Waals surface area (Å²) in [5, 5.41) is 12.6. The molecule has 6 heteroatoms. The van der Waals surface area contributed by atoms with Crippen molar-refractivity contribution < 1.29 is 14.2 Å². The Hall–Kier alpha value is -2.58. The number of halogens is 1. The van der Waals surface area contributed by atoms with Crippen LogP contribution in [0, 0.1) is 11.3 Å². The molecule has 0 bridgehead atoms. The minimum Gasteiger partial charge on any atom is -0.493 e. The maximum absolute atomic E-state index is 8.89. The Labute approximate surface area is 140 Å². The zero-order chi connectivity index (χ0) is 16.8. The molecule has 23 heavy (non-hydrogen) atoms. The third kappa shape index (κ3) is 3.79. The summed E-state index contributed by atoms with van der Waals surface area (Å²) in [5.74, 6) is 1.75. The molecule has 0 aliphatic carbocycles. The van der Waals surface area contributed by atoms with E-state index in [1.54, 1.807) is 33.5 Å². The Balaban J connectivity index is 2.20. The van der Waals surface area contributed by atoms with Gasteiger partial charge in [-0.25, -0.2) is 0 Å². The summed E-state index contributed by atoms with van der Waals surface area (Å²) in [4.78, 5) is 0. The SMILES string of the molecule is COc1cc(CNc2ccc(C#N)c(Cl)c2)cc(OC)c1OC. The van der Waals surface area contributed by atoms with Crippen LogP contribution in [0.15, 0.2) is 30.3 Å². The summed E-state index contributed by atoms with van der Waals surface area (Å²) in [6, 6.07) is 11.0. The van der Waals surface area contributed by atoms with Crippen molar-refractivity contribution in [1.29, 1.82) is 5.26 Å². The van der Waals surface area contributed by atoms with Gasteiger partial charge in [-0.1, -0.05) is 11.6 Å². The monoisotopic (exact) mass is 332 g/mol. The number of hydrogen-bond donors (Lipinski definition) is 1. The molecule has 0 radical (unpaired) electrons. The fourth-order valence-corrected chi connectivity index (χ4v) is 2.38. The zero-order valence-electron chi connectivity index (χ0n) is 13.1. The molecule has 2 aromatic carbocycles. The van der Waals surface area contributed by atoms with Crippen molar-refractivity contribution in [2.45, 2.75) is 6.54 Å². The maximum Gasteiger partial charge on any atom is 0.203 e. The molecule has 0 saturated heterocycles. The van der Waals surface area contributed by atoms with Gasteiger partial charge in [-0.05, 0) is 35.9 Å². The Bertz CT molecular complexity index is 716. The maximum atomic E-state index is 8.89. The summed E-state index contributed by atoms with van der Waals surface area (Å²) in [7, 11) is 4.72. The molecule has 0 spiro atoms. The Morgan fingerprint density at radius 1 is 1.04 bits per heavy atom. The van der Waals surface area contributed by atoms with Crippen LogP contribution in [-0.4, -0.2) is 21.3 Å². The predicted molar refractivity (Wildman–Crippen MR) is 89.6 cm³/mol. The average Bonchev–Trinajstić information content (AvgIpc) is 2.58. The first-order chi connectivity index (χ1) is 11.1. The summed E-state index contributed by atoms with van der Waals surface area (Å²) >= 11 is 6.03. The van der Waals surface area contributed by atoms with Crippen molar-refractivity contribution in [1.82, 2.24) is 0 Å². The molecule has 0 aliphatic rings. The normalized spacial score (nSPS) is 9.87. The van der Waals surface area contributed by atoms with Gasteiger partial charge in [-0.15, -0.1) is 0 Å². The highest BCUT2D eigenvalue weighted by atomic mass is 35.5. The van der Waals surface area contributed by atoms with Crippen molar-refractivity contribution in [2.24, 2.45) is 0 Å². The number of nitriles is 1. The first-order valence-electron chi connectivity index (χ1n) is 6.85. The quantitative estimate of drug-likeness (QED) is 0.870. The van der Waals surface area contributed by atoms with E-state index < -0.39 is 0 Å². The first-order valence-corrected chi connectivity index (χ1v) is 7.23. The minimum absolute atomic E-state index is 0.419. The standard InChI is InChI=1S/C17H17ClN2O3/c1-21-15-6-11(7-16(22-2)17(15)23-3)10-20-13-5-4-12(9-19)14(18)8-13/h4-8,20H,10H2,1-3H3. The molecule has 0 fully saturated rings. The summed E-state index contributed by atoms with van der Waals surface area (Å²) in [5.41, 5.74) is 2.23. The molecule has 0 heterocycles. The van der Waals surface area contributed by atoms with E-state index in [4.69, 9.17) is 31.1 Å². The molecule has 2 aromatic rings. The zero-order valence-corrected chi connectivity index (χ0v) is 13.9. The van der Waals surface area contributed by atoms with E-state index in [1.807, 2.05) is 24.3 Å². The molecule has 0 aliphatic heterocycles. The molecule has 1 N–H and O–H groups in total. The average molecular weight is 333 g/mol. The van der Waals surface area contributed by atoms with Crippen LogP contribution >= 0.6 is 11.6 Å². The third-order valence-corrected chi connectivity index (χ3v) is 3.62. The Kier molecular flexibility index (Phi) is 5.56. The number of methoxy groups -OCH3 is 3. The van der Waals surface area contributed by atoms with Crippen LogP contribution in [0.5, 0.6) is 17.2 Å². The molecule has 0 atom stereocenters. The van der Waals surface area contributed by atoms with Crippen LogP contribution in [0.25, 0.3) is 0 Å². The van der Waals surface area contributed by atoms with Gasteiger partial charge in [0.2, 0.25) is 5.75 Å². The number of nitrogens with one attached hydrogen (secondary N) is 1. The van der Waals surface area contributed by atoms with Crippen LogP contribution in [0.1, 0.15) is 11.1 Å². The molecule has 0 unspecified atom stereocenters. The number of ether oxygens (including phenoxy) is 3. The van der Waals surface area contributed by atoms with Gasteiger partial charge in [0.05, 0.1) is 31.9 Å². The van der Waals surface area contributed by atoms with E-state index in [-0.39, 0.29) is 0 Å². The second-order valence-corrected chi connectivity index (χ2v) is 5.10. The lowest BCUT2D eigenvalue weighted by Gasteiger charge is -2.15. The van der Waals surface area contributed by atoms with Gasteiger partial charge in [0, 0.05) is 12.2 Å². The van der Waals surface area contributed by atoms with Crippen molar-refractivity contribution in [3.05, 3.63) is 46.5 Å². The minimum atomic E-state index is 0.419. The highest BCUT2D eigenvalue weighted by Gasteiger charge is 2.13. The van der Waals surface area contributed by atoms with Gasteiger partial charge < -0.3 is 19.5 Å². The largest absolute Gasteiger partial charge is 0.493 e. The van der Waals surface area contributed by atoms with Crippen molar-refractivity contribution in [3.8, 4) is 23.3 Å². The number of benzene rings is 2. The van der Waals surface area contributed by atoms with E-state index in [2.05, 4.69) is 5.32 Å². The highest BCUT2D eigenvalue weighted by molar-refractivity contribution is 6.32. The van der Waals surface area contributed by atoms with Gasteiger partial charge in [0.1, 0.15) is 6.07 Å². The Morgan fingerprint density at radius 2 is 1.70 bits per heavy atom. The van der Waals surface area contributed by atoms with Crippen molar-refractivity contribution >= 4 is 17.3 Å². The lowest BCUT2D eigenvalue weighted by molar-refractivity contribution is 0.324. The van der Waals surface area contributed by atoms with Crippen LogP contribution in [-0.2, 0) is 6.54 Å². The first kappa shape index (κ1) is 16.8. The molecule has 120 valence electrons. The van der Waals surface area contributed by atoms with Gasteiger partial charge in [0.25, 0.3) is 0 Å². The van der Waals surface area contributed by atoms with Gasteiger partial charge in [-0.2, -0.15) is 5.26 Å². The van der Waals surface area contributed by atoms with Crippen molar-refractivity contribution in [3.63, 3.8) is 0 Å². The van der Waals surface area contributed by atoms with Crippen LogP contribution < -0.4 is 19.5 Å². The molecule has 0 amide bonds. The van der Waals surface area contributed by atoms with Gasteiger partial charge in [-0.3, -0.25) is 0 Å². The fourth-order valence-electron chi connectivity index (χ4n) is 2.16. The summed E-state index contributed by atoms with van der Waals surface area (Å²) in [6.07, 6.45) is 0. The fraction of sp³-hybridized carbons (Fsp3) is 0.235. The second-order valence-electron chi connectivity index (χ2n) is 4.69. The van der Waals surface area contributed by atoms with Crippen LogP contribution in [0.2, 0.25) is 5.02 Å². The molecule has 5 nitrogen and oxygen atoms in total. The van der Waals surface area contributed by atoms with Gasteiger partial charge in [0.15, 0.2) is 11.5 Å². The van der Waals surface area contributed by atoms with Crippen LogP contribution in [0.3, 0.4) is 0 Å². The van der Waals surface area contributed by atoms with E-state index in [0.717, 1.165) is 11.3 Å². The van der Waals surface area contributed by atoms with E-state index >= 15 is 0 Å². The molecule has 0 saturated carbocycles. The van der Waals surface area contributed by atoms with Crippen LogP contribution in [0.4, 0.5) is 5.69 Å². The number of nitrogens with zero attached hydrogens (tertiary/aromatic N) is 1. The highest BCUT2D eigenvalue weighted by Crippen LogP contribution is 2.38. The second kappa shape index (κ2) is 7.61. The van der Waals surface area contributed by atoms with E-state index in [1.165, 1.54) is 0 Å². The molecular formula is C17H17ClN2O3. The van der Waals surface area contributed by atoms with E-state index in [0.29, 0.717) is 34.4 Å². The topological polar surface area (TPSA) is 63.5 Å². The third-order valence-electron chi connectivity index (χ3n) is 3.31. The Morgan fingerprint density at radius 3 is 2.17 bits per heavy atom. The van der Waals surface area contributed by atoms with Gasteiger partial charge >= 0.3 is 0 Å². The molecule has 2 rings (SSSR count). The van der Waals surface area contributed by atoms with Crippen molar-refractivity contribution in [2.75, 3.05) is 26.6 Å². The lowest BCUT2D eigenvalue weighted by atomic mass is 10.1. The number of hydrogen-bond acceptors (Lipinski definition) is 5. The summed E-state index contributed by atoms with van der Waals surface area (Å²) < 4.78 is 16.0. The molecule has 0 aromatic heterocycles.